The number of ether oxygens (including phenoxy) is 1. The Labute approximate surface area is 160 Å². The smallest absolute Gasteiger partial charge is 0.270 e. The number of nitrogens with one attached hydrogen (secondary N) is 1. The normalized spacial score (nSPS) is 12.1. The average Bonchev–Trinajstić information content (AvgIpc) is 3.20. The van der Waals surface area contributed by atoms with E-state index in [2.05, 4.69) is 25.8 Å². The summed E-state index contributed by atoms with van der Waals surface area (Å²) in [5.74, 6) is -1.73. The van der Waals surface area contributed by atoms with E-state index in [0.717, 1.165) is 18.1 Å². The van der Waals surface area contributed by atoms with Crippen molar-refractivity contribution in [3.05, 3.63) is 71.0 Å². The van der Waals surface area contributed by atoms with Crippen molar-refractivity contribution in [2.24, 2.45) is 5.16 Å². The lowest BCUT2D eigenvalue weighted by Crippen LogP contribution is -2.06. The van der Waals surface area contributed by atoms with Crippen LogP contribution in [0.3, 0.4) is 0 Å². The Morgan fingerprint density at radius 2 is 1.79 bits per heavy atom. The monoisotopic (exact) mass is 387 g/mol. The summed E-state index contributed by atoms with van der Waals surface area (Å²) < 4.78 is 32.0. The van der Waals surface area contributed by atoms with Gasteiger partial charge in [0.25, 0.3) is 5.92 Å². The van der Waals surface area contributed by atoms with Gasteiger partial charge in [0.2, 0.25) is 5.82 Å². The second-order valence-electron chi connectivity index (χ2n) is 6.18. The van der Waals surface area contributed by atoms with Gasteiger partial charge >= 0.3 is 0 Å². The molecule has 0 unspecified atom stereocenters. The van der Waals surface area contributed by atoms with Crippen molar-refractivity contribution in [2.45, 2.75) is 33.0 Å². The van der Waals surface area contributed by atoms with Gasteiger partial charge in [-0.2, -0.15) is 5.21 Å². The highest BCUT2D eigenvalue weighted by atomic mass is 19.3. The van der Waals surface area contributed by atoms with Crippen molar-refractivity contribution in [1.29, 1.82) is 0 Å². The lowest BCUT2D eigenvalue weighted by atomic mass is 10.1. The molecule has 1 N–H and O–H groups in total. The van der Waals surface area contributed by atoms with E-state index in [1.807, 2.05) is 19.1 Å². The number of nitrogens with zero attached hydrogens (tertiary/aromatic N) is 4. The van der Waals surface area contributed by atoms with Gasteiger partial charge in [-0.3, -0.25) is 0 Å². The van der Waals surface area contributed by atoms with Gasteiger partial charge in [-0.15, -0.1) is 10.2 Å². The van der Waals surface area contributed by atoms with Gasteiger partial charge < -0.3 is 9.57 Å². The lowest BCUT2D eigenvalue weighted by Gasteiger charge is -2.10. The van der Waals surface area contributed by atoms with Crippen molar-refractivity contribution < 1.29 is 18.4 Å². The van der Waals surface area contributed by atoms with Crippen LogP contribution in [-0.2, 0) is 24.0 Å². The Balaban J connectivity index is 1.51. The maximum Gasteiger partial charge on any atom is 0.270 e. The molecule has 0 aliphatic heterocycles. The predicted octanol–water partition coefficient (Wildman–Crippen LogP) is 3.83. The van der Waals surface area contributed by atoms with Gasteiger partial charge in [-0.25, -0.2) is 8.78 Å². The molecule has 0 bridgehead atoms. The molecular formula is C19H19F2N5O2. The first kappa shape index (κ1) is 19.4. The number of rotatable bonds is 8. The quantitative estimate of drug-likeness (QED) is 0.469. The van der Waals surface area contributed by atoms with Crippen LogP contribution in [-0.4, -0.2) is 26.3 Å². The Morgan fingerprint density at radius 1 is 1.07 bits per heavy atom. The summed E-state index contributed by atoms with van der Waals surface area (Å²) in [6.07, 6.45) is 0. The third kappa shape index (κ3) is 5.32. The number of oxime groups is 1. The molecule has 0 spiro atoms. The molecule has 1 aromatic heterocycles. The first-order chi connectivity index (χ1) is 13.4. The molecule has 0 amide bonds. The van der Waals surface area contributed by atoms with E-state index in [1.165, 1.54) is 12.1 Å². The summed E-state index contributed by atoms with van der Waals surface area (Å²) >= 11 is 0. The number of aromatic nitrogens is 4. The van der Waals surface area contributed by atoms with E-state index in [0.29, 0.717) is 17.3 Å². The van der Waals surface area contributed by atoms with E-state index < -0.39 is 5.92 Å². The molecular weight excluding hydrogens is 368 g/mol. The molecule has 28 heavy (non-hydrogen) atoms. The molecule has 0 fully saturated rings. The summed E-state index contributed by atoms with van der Waals surface area (Å²) in [5, 5.41) is 17.5. The lowest BCUT2D eigenvalue weighted by molar-refractivity contribution is 0.0174. The summed E-state index contributed by atoms with van der Waals surface area (Å²) in [4.78, 5) is 5.33. The minimum absolute atomic E-state index is 0.0300. The standard InChI is InChI=1S/C19H19F2N5O2/c1-13(24-28-11-14-3-7-16(8-4-14)19(2,20)21)15-5-9-17(10-6-15)27-12-18-22-25-26-23-18/h3-10H,11-12H2,1-2H3,(H,22,23,25,26). The zero-order chi connectivity index (χ0) is 20.0. The van der Waals surface area contributed by atoms with E-state index in [1.54, 1.807) is 24.3 Å². The zero-order valence-electron chi connectivity index (χ0n) is 15.4. The molecule has 3 aromatic rings. The van der Waals surface area contributed by atoms with Crippen molar-refractivity contribution in [3.8, 4) is 5.75 Å². The van der Waals surface area contributed by atoms with E-state index in [9.17, 15) is 8.78 Å². The van der Waals surface area contributed by atoms with Gasteiger partial charge in [0.15, 0.2) is 6.61 Å². The molecule has 0 atom stereocenters. The number of alkyl halides is 2. The van der Waals surface area contributed by atoms with Gasteiger partial charge in [-0.1, -0.05) is 34.6 Å². The summed E-state index contributed by atoms with van der Waals surface area (Å²) in [6, 6.07) is 13.3. The minimum Gasteiger partial charge on any atom is -0.485 e. The molecule has 7 nitrogen and oxygen atoms in total. The molecule has 1 heterocycles. The van der Waals surface area contributed by atoms with Gasteiger partial charge in [0, 0.05) is 12.5 Å². The first-order valence-corrected chi connectivity index (χ1v) is 8.51. The van der Waals surface area contributed by atoms with Crippen molar-refractivity contribution >= 4 is 5.71 Å². The number of halogens is 2. The molecule has 0 aliphatic carbocycles. The molecule has 0 saturated heterocycles. The maximum atomic E-state index is 13.2. The topological polar surface area (TPSA) is 85.3 Å². The second kappa shape index (κ2) is 8.55. The Hall–Kier alpha value is -3.36. The number of hydrogen-bond donors (Lipinski definition) is 1. The van der Waals surface area contributed by atoms with Crippen LogP contribution in [0.1, 0.15) is 36.4 Å². The largest absolute Gasteiger partial charge is 0.485 e. The summed E-state index contributed by atoms with van der Waals surface area (Å²) in [7, 11) is 0. The van der Waals surface area contributed by atoms with Crippen LogP contribution in [0.5, 0.6) is 5.75 Å². The zero-order valence-corrected chi connectivity index (χ0v) is 15.4. The summed E-state index contributed by atoms with van der Waals surface area (Å²) in [5.41, 5.74) is 2.28. The minimum atomic E-state index is -2.85. The molecule has 3 rings (SSSR count). The highest BCUT2D eigenvalue weighted by molar-refractivity contribution is 5.98. The fourth-order valence-corrected chi connectivity index (χ4v) is 2.33. The summed E-state index contributed by atoms with van der Waals surface area (Å²) in [6.45, 7) is 3.09. The third-order valence-corrected chi connectivity index (χ3v) is 3.92. The van der Waals surface area contributed by atoms with Crippen LogP contribution < -0.4 is 4.74 Å². The van der Waals surface area contributed by atoms with Crippen LogP contribution in [0, 0.1) is 0 Å². The van der Waals surface area contributed by atoms with Gasteiger partial charge in [0.1, 0.15) is 12.4 Å². The average molecular weight is 387 g/mol. The SMILES string of the molecule is CC(=NOCc1ccc(C(C)(F)F)cc1)c1ccc(OCc2nn[nH]n2)cc1. The van der Waals surface area contributed by atoms with Gasteiger partial charge in [-0.05, 0) is 42.3 Å². The molecule has 2 aromatic carbocycles. The van der Waals surface area contributed by atoms with Crippen LogP contribution >= 0.6 is 0 Å². The number of aromatic amines is 1. The number of tetrazole rings is 1. The third-order valence-electron chi connectivity index (χ3n) is 3.92. The Kier molecular flexibility index (Phi) is 5.93. The molecule has 0 saturated carbocycles. The van der Waals surface area contributed by atoms with Crippen LogP contribution in [0.4, 0.5) is 8.78 Å². The van der Waals surface area contributed by atoms with E-state index in [-0.39, 0.29) is 18.8 Å². The van der Waals surface area contributed by atoms with Crippen molar-refractivity contribution in [2.75, 3.05) is 0 Å². The number of hydrogen-bond acceptors (Lipinski definition) is 6. The van der Waals surface area contributed by atoms with Crippen molar-refractivity contribution in [1.82, 2.24) is 20.6 Å². The first-order valence-electron chi connectivity index (χ1n) is 8.51. The fraction of sp³-hybridized carbons (Fsp3) is 0.263. The van der Waals surface area contributed by atoms with Crippen LogP contribution in [0.15, 0.2) is 53.7 Å². The van der Waals surface area contributed by atoms with Crippen LogP contribution in [0.25, 0.3) is 0 Å². The Morgan fingerprint density at radius 3 is 2.39 bits per heavy atom. The highest BCUT2D eigenvalue weighted by Crippen LogP contribution is 2.26. The predicted molar refractivity (Wildman–Crippen MR) is 98.0 cm³/mol. The molecule has 9 heteroatoms. The molecule has 146 valence electrons. The maximum absolute atomic E-state index is 13.2. The van der Waals surface area contributed by atoms with Crippen molar-refractivity contribution in [3.63, 3.8) is 0 Å². The van der Waals surface area contributed by atoms with E-state index >= 15 is 0 Å². The molecule has 0 radical (unpaired) electrons. The number of H-pyrrole nitrogens is 1. The second-order valence-corrected chi connectivity index (χ2v) is 6.18. The number of benzene rings is 2. The van der Waals surface area contributed by atoms with Crippen LogP contribution in [0.2, 0.25) is 0 Å². The Bertz CT molecular complexity index is 905. The fourth-order valence-electron chi connectivity index (χ4n) is 2.33. The van der Waals surface area contributed by atoms with Gasteiger partial charge in [0.05, 0.1) is 5.71 Å². The molecule has 0 aliphatic rings. The van der Waals surface area contributed by atoms with E-state index in [4.69, 9.17) is 9.57 Å². The highest BCUT2D eigenvalue weighted by Gasteiger charge is 2.23.